The molecule has 0 fully saturated rings. The molecule has 10 heteroatoms. The largest absolute Gasteiger partial charge is 0.465 e. The fraction of sp³-hybridized carbons (Fsp3) is 0.355. The first-order valence-electron chi connectivity index (χ1n) is 13.6. The second-order valence-electron chi connectivity index (χ2n) is 10.5. The fourth-order valence-electron chi connectivity index (χ4n) is 4.68. The first-order valence-corrected chi connectivity index (χ1v) is 15.0. The van der Waals surface area contributed by atoms with E-state index in [1.165, 1.54) is 40.4 Å². The van der Waals surface area contributed by atoms with E-state index in [1.54, 1.807) is 0 Å². The van der Waals surface area contributed by atoms with Gasteiger partial charge in [0.1, 0.15) is 0 Å². The highest BCUT2D eigenvalue weighted by Gasteiger charge is 2.35. The molecular formula is C31H39N3O6S. The number of amides is 2. The number of benzene rings is 3. The zero-order chi connectivity index (χ0) is 30.0. The van der Waals surface area contributed by atoms with Crippen molar-refractivity contribution in [1.82, 2.24) is 9.21 Å². The number of hydrogen-bond donors (Lipinski definition) is 3. The molecule has 41 heavy (non-hydrogen) atoms. The molecule has 0 aliphatic carbocycles. The number of carboxylic acid groups (broad SMARTS) is 1. The lowest BCUT2D eigenvalue weighted by Gasteiger charge is -2.36. The van der Waals surface area contributed by atoms with Gasteiger partial charge in [-0.05, 0) is 54.2 Å². The standard InChI is InChI=1S/C31H39N3O6S/c1-23(2)21-33(41(39,40)28-16-14-27(15-17-28)32-24(3)35)22-30(36)29(20-26-12-8-5-9-13-26)34(31(37)38)19-18-25-10-6-4-7-11-25/h4-17,23,29-30,36H,18-22H2,1-3H3,(H,32,35)(H,37,38)/t29-,30+/m0/s1. The number of hydrogen-bond acceptors (Lipinski definition) is 5. The van der Waals surface area contributed by atoms with Crippen LogP contribution in [0.1, 0.15) is 31.9 Å². The zero-order valence-electron chi connectivity index (χ0n) is 23.7. The average molecular weight is 582 g/mol. The van der Waals surface area contributed by atoms with Crippen LogP contribution in [0.4, 0.5) is 10.5 Å². The van der Waals surface area contributed by atoms with Crippen molar-refractivity contribution in [3.8, 4) is 0 Å². The van der Waals surface area contributed by atoms with Crippen LogP contribution in [0.5, 0.6) is 0 Å². The average Bonchev–Trinajstić information content (AvgIpc) is 2.93. The van der Waals surface area contributed by atoms with Crippen molar-refractivity contribution in [2.45, 2.75) is 50.7 Å². The highest BCUT2D eigenvalue weighted by atomic mass is 32.2. The van der Waals surface area contributed by atoms with Crippen LogP contribution in [-0.4, -0.2) is 71.6 Å². The third-order valence-corrected chi connectivity index (χ3v) is 8.48. The van der Waals surface area contributed by atoms with Crippen molar-refractivity contribution in [2.75, 3.05) is 25.0 Å². The number of aliphatic hydroxyl groups excluding tert-OH is 1. The molecule has 0 aliphatic rings. The van der Waals surface area contributed by atoms with Gasteiger partial charge in [0.2, 0.25) is 15.9 Å². The monoisotopic (exact) mass is 581 g/mol. The van der Waals surface area contributed by atoms with Crippen LogP contribution >= 0.6 is 0 Å². The Kier molecular flexibility index (Phi) is 11.5. The molecule has 3 rings (SSSR count). The van der Waals surface area contributed by atoms with E-state index >= 15 is 0 Å². The van der Waals surface area contributed by atoms with Crippen molar-refractivity contribution in [3.63, 3.8) is 0 Å². The lowest BCUT2D eigenvalue weighted by Crippen LogP contribution is -2.53. The van der Waals surface area contributed by atoms with Gasteiger partial charge in [0.05, 0.1) is 17.0 Å². The molecule has 9 nitrogen and oxygen atoms in total. The van der Waals surface area contributed by atoms with Gasteiger partial charge in [-0.25, -0.2) is 13.2 Å². The smallest absolute Gasteiger partial charge is 0.407 e. The predicted octanol–water partition coefficient (Wildman–Crippen LogP) is 4.49. The molecule has 0 bridgehead atoms. The molecule has 0 aliphatic heterocycles. The molecule has 2 amide bonds. The van der Waals surface area contributed by atoms with Gasteiger partial charge in [-0.1, -0.05) is 74.5 Å². The predicted molar refractivity (Wildman–Crippen MR) is 159 cm³/mol. The first-order chi connectivity index (χ1) is 19.5. The van der Waals surface area contributed by atoms with E-state index in [4.69, 9.17) is 0 Å². The second kappa shape index (κ2) is 14.8. The van der Waals surface area contributed by atoms with E-state index in [0.29, 0.717) is 12.1 Å². The molecule has 0 saturated heterocycles. The number of sulfonamides is 1. The van der Waals surface area contributed by atoms with E-state index in [1.807, 2.05) is 74.5 Å². The molecule has 0 unspecified atom stereocenters. The maximum absolute atomic E-state index is 13.7. The van der Waals surface area contributed by atoms with E-state index < -0.39 is 28.3 Å². The van der Waals surface area contributed by atoms with Crippen molar-refractivity contribution >= 4 is 27.7 Å². The van der Waals surface area contributed by atoms with Gasteiger partial charge in [-0.2, -0.15) is 4.31 Å². The zero-order valence-corrected chi connectivity index (χ0v) is 24.5. The number of aliphatic hydroxyl groups is 1. The highest BCUT2D eigenvalue weighted by molar-refractivity contribution is 7.89. The van der Waals surface area contributed by atoms with Gasteiger partial charge in [0.25, 0.3) is 0 Å². The molecule has 3 aromatic rings. The lowest BCUT2D eigenvalue weighted by atomic mass is 9.98. The van der Waals surface area contributed by atoms with Gasteiger partial charge in [-0.15, -0.1) is 0 Å². The SMILES string of the molecule is CC(=O)Nc1ccc(S(=O)(=O)N(CC(C)C)C[C@@H](O)[C@H](Cc2ccccc2)N(CCc2ccccc2)C(=O)O)cc1. The Balaban J connectivity index is 1.91. The van der Waals surface area contributed by atoms with E-state index in [-0.39, 0.29) is 42.8 Å². The van der Waals surface area contributed by atoms with Gasteiger partial charge < -0.3 is 20.4 Å². The Hall–Kier alpha value is -3.73. The van der Waals surface area contributed by atoms with E-state index in [2.05, 4.69) is 5.32 Å². The summed E-state index contributed by atoms with van der Waals surface area (Å²) in [7, 11) is -4.05. The van der Waals surface area contributed by atoms with Crippen molar-refractivity contribution in [3.05, 3.63) is 96.1 Å². The molecule has 3 N–H and O–H groups in total. The van der Waals surface area contributed by atoms with Crippen LogP contribution in [-0.2, 0) is 27.7 Å². The summed E-state index contributed by atoms with van der Waals surface area (Å²) in [6, 6.07) is 23.7. The minimum Gasteiger partial charge on any atom is -0.465 e. The number of nitrogens with one attached hydrogen (secondary N) is 1. The minimum absolute atomic E-state index is 0.0122. The molecule has 0 heterocycles. The number of nitrogens with zero attached hydrogens (tertiary/aromatic N) is 2. The van der Waals surface area contributed by atoms with Gasteiger partial charge in [0, 0.05) is 32.2 Å². The summed E-state index contributed by atoms with van der Waals surface area (Å²) in [6.07, 6.45) is -1.84. The van der Waals surface area contributed by atoms with Crippen molar-refractivity contribution in [2.24, 2.45) is 5.92 Å². The van der Waals surface area contributed by atoms with Gasteiger partial charge in [-0.3, -0.25) is 4.79 Å². The normalized spacial score (nSPS) is 13.1. The van der Waals surface area contributed by atoms with Crippen LogP contribution in [0.25, 0.3) is 0 Å². The molecular weight excluding hydrogens is 542 g/mol. The topological polar surface area (TPSA) is 127 Å². The van der Waals surface area contributed by atoms with Crippen LogP contribution in [0.3, 0.4) is 0 Å². The van der Waals surface area contributed by atoms with Crippen molar-refractivity contribution < 1.29 is 28.2 Å². The summed E-state index contributed by atoms with van der Waals surface area (Å²) in [4.78, 5) is 25.1. The number of rotatable bonds is 14. The lowest BCUT2D eigenvalue weighted by molar-refractivity contribution is -0.114. The molecule has 0 saturated carbocycles. The molecule has 0 radical (unpaired) electrons. The van der Waals surface area contributed by atoms with E-state index in [0.717, 1.165) is 11.1 Å². The summed E-state index contributed by atoms with van der Waals surface area (Å²) in [5.74, 6) is -0.332. The van der Waals surface area contributed by atoms with Crippen LogP contribution in [0.15, 0.2) is 89.8 Å². The first kappa shape index (κ1) is 31.8. The van der Waals surface area contributed by atoms with Crippen LogP contribution in [0.2, 0.25) is 0 Å². The number of carbonyl (C=O) groups is 2. The number of carbonyl (C=O) groups excluding carboxylic acids is 1. The summed E-state index contributed by atoms with van der Waals surface area (Å²) >= 11 is 0. The second-order valence-corrected chi connectivity index (χ2v) is 12.4. The van der Waals surface area contributed by atoms with Gasteiger partial charge in [0.15, 0.2) is 0 Å². The fourth-order valence-corrected chi connectivity index (χ4v) is 6.30. The van der Waals surface area contributed by atoms with Gasteiger partial charge >= 0.3 is 6.09 Å². The third kappa shape index (κ3) is 9.41. The summed E-state index contributed by atoms with van der Waals surface area (Å²) in [6.45, 7) is 5.08. The van der Waals surface area contributed by atoms with Crippen LogP contribution < -0.4 is 5.32 Å². The van der Waals surface area contributed by atoms with E-state index in [9.17, 15) is 28.2 Å². The third-order valence-electron chi connectivity index (χ3n) is 6.63. The Morgan fingerprint density at radius 2 is 1.41 bits per heavy atom. The quantitative estimate of drug-likeness (QED) is 0.258. The molecule has 0 spiro atoms. The molecule has 0 aromatic heterocycles. The molecule has 3 aromatic carbocycles. The van der Waals surface area contributed by atoms with Crippen molar-refractivity contribution in [1.29, 1.82) is 0 Å². The summed E-state index contributed by atoms with van der Waals surface area (Å²) in [5, 5.41) is 24.4. The Bertz CT molecular complexity index is 1370. The highest BCUT2D eigenvalue weighted by Crippen LogP contribution is 2.23. The minimum atomic E-state index is -4.05. The Morgan fingerprint density at radius 3 is 1.93 bits per heavy atom. The Labute approximate surface area is 242 Å². The summed E-state index contributed by atoms with van der Waals surface area (Å²) in [5.41, 5.74) is 2.25. The Morgan fingerprint density at radius 1 is 0.854 bits per heavy atom. The maximum Gasteiger partial charge on any atom is 0.407 e. The maximum atomic E-state index is 13.7. The number of anilines is 1. The summed E-state index contributed by atoms with van der Waals surface area (Å²) < 4.78 is 28.7. The molecule has 2 atom stereocenters. The molecule has 220 valence electrons. The van der Waals surface area contributed by atoms with Crippen LogP contribution in [0, 0.1) is 5.92 Å².